The molecule has 26 heavy (non-hydrogen) atoms. The van der Waals surface area contributed by atoms with E-state index in [0.717, 1.165) is 6.54 Å². The van der Waals surface area contributed by atoms with Crippen molar-refractivity contribution >= 4 is 11.9 Å². The maximum atomic E-state index is 11.2. The molecular weight excluding hydrogens is 334 g/mol. The molecule has 2 atom stereocenters. The fourth-order valence-corrected chi connectivity index (χ4v) is 4.51. The second kappa shape index (κ2) is 7.72. The number of hydrogen-bond donors (Lipinski definition) is 0. The topological polar surface area (TPSA) is 77.2 Å². The van der Waals surface area contributed by atoms with Gasteiger partial charge in [0, 0.05) is 42.1 Å². The Morgan fingerprint density at radius 3 is 3.04 bits per heavy atom. The zero-order valence-corrected chi connectivity index (χ0v) is 14.9. The average molecular weight is 359 g/mol. The first-order valence-electron chi connectivity index (χ1n) is 9.48. The van der Waals surface area contributed by atoms with E-state index in [4.69, 9.17) is 9.47 Å². The Bertz CT molecular complexity index is 704. The van der Waals surface area contributed by atoms with E-state index in [1.807, 2.05) is 0 Å². The van der Waals surface area contributed by atoms with Gasteiger partial charge in [0.2, 0.25) is 0 Å². The van der Waals surface area contributed by atoms with Crippen LogP contribution in [0.25, 0.3) is 0 Å². The van der Waals surface area contributed by atoms with E-state index in [2.05, 4.69) is 9.89 Å². The van der Waals surface area contributed by atoms with E-state index >= 15 is 0 Å². The van der Waals surface area contributed by atoms with E-state index in [-0.39, 0.29) is 17.4 Å². The molecule has 1 aromatic carbocycles. The SMILES string of the molecule is O=[N+]([O-])c1cc(C=NC[C@H]2CCCN3CCCC[C@H]23)c2c(c1)COCO2. The Balaban J connectivity index is 1.51. The van der Waals surface area contributed by atoms with E-state index < -0.39 is 0 Å². The second-order valence-corrected chi connectivity index (χ2v) is 7.39. The number of hydrogen-bond acceptors (Lipinski definition) is 6. The number of fused-ring (bicyclic) bond motifs is 2. The van der Waals surface area contributed by atoms with Crippen molar-refractivity contribution in [1.82, 2.24) is 4.90 Å². The van der Waals surface area contributed by atoms with Crippen LogP contribution >= 0.6 is 0 Å². The Morgan fingerprint density at radius 2 is 2.15 bits per heavy atom. The highest BCUT2D eigenvalue weighted by Gasteiger charge is 2.32. The lowest BCUT2D eigenvalue weighted by molar-refractivity contribution is -0.385. The molecule has 7 nitrogen and oxygen atoms in total. The molecule has 0 aromatic heterocycles. The Kier molecular flexibility index (Phi) is 5.17. The standard InChI is InChI=1S/C19H25N3O4/c23-22(24)17-8-15(19-16(9-17)12-25-13-26-19)11-20-10-14-4-3-7-21-6-2-1-5-18(14)21/h8-9,11,14,18H,1-7,10,12-13H2/t14-,18-/m1/s1. The monoisotopic (exact) mass is 359 g/mol. The summed E-state index contributed by atoms with van der Waals surface area (Å²) in [5.74, 6) is 1.24. The highest BCUT2D eigenvalue weighted by Crippen LogP contribution is 2.33. The molecule has 7 heteroatoms. The normalized spacial score (nSPS) is 26.2. The largest absolute Gasteiger partial charge is 0.466 e. The highest BCUT2D eigenvalue weighted by atomic mass is 16.7. The van der Waals surface area contributed by atoms with Crippen molar-refractivity contribution in [2.24, 2.45) is 10.9 Å². The predicted octanol–water partition coefficient (Wildman–Crippen LogP) is 3.14. The minimum absolute atomic E-state index is 0.0513. The number of nitrogens with zero attached hydrogens (tertiary/aromatic N) is 3. The first-order chi connectivity index (χ1) is 12.7. The minimum Gasteiger partial charge on any atom is -0.466 e. The summed E-state index contributed by atoms with van der Waals surface area (Å²) in [6.45, 7) is 3.71. The van der Waals surface area contributed by atoms with Crippen molar-refractivity contribution in [2.45, 2.75) is 44.8 Å². The van der Waals surface area contributed by atoms with Crippen LogP contribution in [0.4, 0.5) is 5.69 Å². The van der Waals surface area contributed by atoms with Gasteiger partial charge in [-0.15, -0.1) is 0 Å². The Labute approximate surface area is 153 Å². The quantitative estimate of drug-likeness (QED) is 0.469. The lowest BCUT2D eigenvalue weighted by Crippen LogP contribution is -2.48. The summed E-state index contributed by atoms with van der Waals surface area (Å²) in [4.78, 5) is 18.1. The number of ether oxygens (including phenoxy) is 2. The van der Waals surface area contributed by atoms with E-state index in [9.17, 15) is 10.1 Å². The number of aliphatic imine (C=N–C) groups is 1. The summed E-state index contributed by atoms with van der Waals surface area (Å²) in [5.41, 5.74) is 1.44. The molecule has 0 aliphatic carbocycles. The maximum absolute atomic E-state index is 11.2. The third-order valence-electron chi connectivity index (χ3n) is 5.73. The molecule has 0 N–H and O–H groups in total. The van der Waals surface area contributed by atoms with Gasteiger partial charge in [-0.05, 0) is 44.7 Å². The van der Waals surface area contributed by atoms with Crippen molar-refractivity contribution in [3.8, 4) is 5.75 Å². The van der Waals surface area contributed by atoms with Gasteiger partial charge in [-0.3, -0.25) is 15.1 Å². The van der Waals surface area contributed by atoms with E-state index in [1.54, 1.807) is 12.3 Å². The van der Waals surface area contributed by atoms with Gasteiger partial charge in [0.25, 0.3) is 5.69 Å². The van der Waals surface area contributed by atoms with Crippen LogP contribution in [0.5, 0.6) is 5.75 Å². The van der Waals surface area contributed by atoms with Gasteiger partial charge in [0.05, 0.1) is 11.5 Å². The number of piperidine rings is 2. The third-order valence-corrected chi connectivity index (χ3v) is 5.73. The zero-order chi connectivity index (χ0) is 17.9. The van der Waals surface area contributed by atoms with Crippen molar-refractivity contribution in [1.29, 1.82) is 0 Å². The maximum Gasteiger partial charge on any atom is 0.270 e. The lowest BCUT2D eigenvalue weighted by atomic mass is 9.83. The number of non-ortho nitro benzene ring substituents is 1. The van der Waals surface area contributed by atoms with Crippen molar-refractivity contribution in [3.05, 3.63) is 33.4 Å². The van der Waals surface area contributed by atoms with Crippen LogP contribution in [0.15, 0.2) is 17.1 Å². The number of benzene rings is 1. The van der Waals surface area contributed by atoms with Crippen molar-refractivity contribution in [2.75, 3.05) is 26.4 Å². The fraction of sp³-hybridized carbons (Fsp3) is 0.632. The van der Waals surface area contributed by atoms with Crippen LogP contribution < -0.4 is 4.74 Å². The van der Waals surface area contributed by atoms with Crippen LogP contribution in [0.1, 0.15) is 43.2 Å². The fourth-order valence-electron chi connectivity index (χ4n) is 4.51. The summed E-state index contributed by atoms with van der Waals surface area (Å²) < 4.78 is 10.8. The van der Waals surface area contributed by atoms with Gasteiger partial charge in [-0.1, -0.05) is 6.42 Å². The van der Waals surface area contributed by atoms with Crippen molar-refractivity contribution < 1.29 is 14.4 Å². The molecule has 0 amide bonds. The van der Waals surface area contributed by atoms with Crippen LogP contribution in [0.2, 0.25) is 0 Å². The van der Waals surface area contributed by atoms with Crippen LogP contribution in [0.3, 0.4) is 0 Å². The third kappa shape index (κ3) is 3.59. The summed E-state index contributed by atoms with van der Waals surface area (Å²) in [7, 11) is 0. The molecule has 1 aromatic rings. The molecule has 2 saturated heterocycles. The Hall–Kier alpha value is -1.99. The molecule has 0 unspecified atom stereocenters. The summed E-state index contributed by atoms with van der Waals surface area (Å²) in [5, 5.41) is 11.2. The molecule has 0 radical (unpaired) electrons. The molecule has 0 saturated carbocycles. The van der Waals surface area contributed by atoms with Gasteiger partial charge >= 0.3 is 0 Å². The van der Waals surface area contributed by atoms with Crippen LogP contribution in [-0.4, -0.2) is 48.5 Å². The molecular formula is C19H25N3O4. The number of rotatable bonds is 4. The van der Waals surface area contributed by atoms with E-state index in [1.165, 1.54) is 51.3 Å². The van der Waals surface area contributed by atoms with Crippen molar-refractivity contribution in [3.63, 3.8) is 0 Å². The molecule has 0 bridgehead atoms. The van der Waals surface area contributed by atoms with Crippen LogP contribution in [0, 0.1) is 16.0 Å². The second-order valence-electron chi connectivity index (χ2n) is 7.39. The number of nitro benzene ring substituents is 1. The summed E-state index contributed by atoms with van der Waals surface area (Å²) in [6, 6.07) is 3.72. The summed E-state index contributed by atoms with van der Waals surface area (Å²) >= 11 is 0. The van der Waals surface area contributed by atoms with Gasteiger partial charge in [0.1, 0.15) is 5.75 Å². The molecule has 140 valence electrons. The first kappa shape index (κ1) is 17.4. The van der Waals surface area contributed by atoms with Gasteiger partial charge in [0.15, 0.2) is 6.79 Å². The Morgan fingerprint density at radius 1 is 1.27 bits per heavy atom. The molecule has 2 fully saturated rings. The zero-order valence-electron chi connectivity index (χ0n) is 14.9. The average Bonchev–Trinajstić information content (AvgIpc) is 2.68. The molecule has 3 aliphatic rings. The van der Waals surface area contributed by atoms with Gasteiger partial charge in [-0.25, -0.2) is 0 Å². The molecule has 3 aliphatic heterocycles. The van der Waals surface area contributed by atoms with Crippen LogP contribution in [-0.2, 0) is 11.3 Å². The van der Waals surface area contributed by atoms with Gasteiger partial charge in [-0.2, -0.15) is 0 Å². The molecule has 3 heterocycles. The first-order valence-corrected chi connectivity index (χ1v) is 9.48. The smallest absolute Gasteiger partial charge is 0.270 e. The summed E-state index contributed by atoms with van der Waals surface area (Å²) in [6.07, 6.45) is 8.10. The van der Waals surface area contributed by atoms with Gasteiger partial charge < -0.3 is 14.4 Å². The van der Waals surface area contributed by atoms with E-state index in [0.29, 0.717) is 35.4 Å². The lowest BCUT2D eigenvalue weighted by Gasteiger charge is -2.44. The molecule has 4 rings (SSSR count). The number of nitro groups is 1. The predicted molar refractivity (Wildman–Crippen MR) is 97.8 cm³/mol. The minimum atomic E-state index is -0.382. The highest BCUT2D eigenvalue weighted by molar-refractivity contribution is 5.85. The molecule has 0 spiro atoms.